The Hall–Kier alpha value is -2.67. The first-order valence-electron chi connectivity index (χ1n) is 7.20. The molecule has 0 saturated carbocycles. The van der Waals surface area contributed by atoms with Crippen LogP contribution < -0.4 is 0 Å². The van der Waals surface area contributed by atoms with Crippen LogP contribution in [0.1, 0.15) is 20.7 Å². The normalized spacial score (nSPS) is 9.85. The average molecular weight is 394 g/mol. The first kappa shape index (κ1) is 19.7. The summed E-state index contributed by atoms with van der Waals surface area (Å²) in [7, 11) is 1.34. The lowest BCUT2D eigenvalue weighted by atomic mass is 10.1. The van der Waals surface area contributed by atoms with Gasteiger partial charge in [-0.1, -0.05) is 29.3 Å². The smallest absolute Gasteiger partial charge is 0.372 e. The van der Waals surface area contributed by atoms with Crippen molar-refractivity contribution in [2.75, 3.05) is 7.11 Å². The number of rotatable bonds is 2. The summed E-state index contributed by atoms with van der Waals surface area (Å²) in [4.78, 5) is 29.5. The number of carbonyl (C=O) groups is 2. The number of fused-ring (bicyclic) bond motifs is 1. The number of methoxy groups -OCH3 is 1. The minimum atomic E-state index is -0.813. The van der Waals surface area contributed by atoms with Gasteiger partial charge in [0.1, 0.15) is 0 Å². The predicted octanol–water partition coefficient (Wildman–Crippen LogP) is 4.64. The molecule has 3 aromatic rings. The minimum Gasteiger partial charge on any atom is -0.465 e. The number of benzene rings is 2. The molecule has 0 unspecified atom stereocenters. The Morgan fingerprint density at radius 1 is 1.00 bits per heavy atom. The highest BCUT2D eigenvalue weighted by Gasteiger charge is 2.08. The third-order valence-corrected chi connectivity index (χ3v) is 3.82. The molecule has 0 saturated heterocycles. The molecule has 0 aliphatic carbocycles. The lowest BCUT2D eigenvalue weighted by molar-refractivity contribution is -0.182. The molecule has 6 nitrogen and oxygen atoms in total. The van der Waals surface area contributed by atoms with E-state index in [1.807, 2.05) is 0 Å². The molecule has 0 spiro atoms. The highest BCUT2D eigenvalue weighted by atomic mass is 35.5. The minimum absolute atomic E-state index is 0.222. The second-order valence-corrected chi connectivity index (χ2v) is 5.75. The summed E-state index contributed by atoms with van der Waals surface area (Å²) < 4.78 is 4.62. The van der Waals surface area contributed by atoms with Gasteiger partial charge in [0.25, 0.3) is 0 Å². The van der Waals surface area contributed by atoms with Crippen LogP contribution in [-0.2, 0) is 9.62 Å². The number of pyridine rings is 1. The molecule has 0 aliphatic heterocycles. The summed E-state index contributed by atoms with van der Waals surface area (Å²) in [5.41, 5.74) is 1.45. The summed E-state index contributed by atoms with van der Waals surface area (Å²) in [6.45, 7) is 0. The molecule has 1 aromatic heterocycles. The maximum absolute atomic E-state index is 11.3. The van der Waals surface area contributed by atoms with Gasteiger partial charge < -0.3 is 4.74 Å². The van der Waals surface area contributed by atoms with Crippen LogP contribution in [0.5, 0.6) is 0 Å². The number of hydrogen-bond donors (Lipinski definition) is 1. The summed E-state index contributed by atoms with van der Waals surface area (Å²) in [5, 5.41) is 9.74. The number of nitrogens with zero attached hydrogens (tertiary/aromatic N) is 1. The first-order chi connectivity index (χ1) is 12.5. The van der Waals surface area contributed by atoms with Crippen LogP contribution in [0.4, 0.5) is 0 Å². The predicted molar refractivity (Wildman–Crippen MR) is 97.6 cm³/mol. The van der Waals surface area contributed by atoms with Crippen molar-refractivity contribution in [3.8, 4) is 0 Å². The summed E-state index contributed by atoms with van der Waals surface area (Å²) in [6, 6.07) is 12.9. The number of hydrogen-bond acceptors (Lipinski definition) is 6. The van der Waals surface area contributed by atoms with Crippen molar-refractivity contribution >= 4 is 46.0 Å². The van der Waals surface area contributed by atoms with Crippen molar-refractivity contribution in [2.45, 2.75) is 0 Å². The molecule has 2 aromatic carbocycles. The van der Waals surface area contributed by atoms with Gasteiger partial charge in [0.05, 0.1) is 28.8 Å². The zero-order valence-corrected chi connectivity index (χ0v) is 15.0. The zero-order valence-electron chi connectivity index (χ0n) is 13.5. The Morgan fingerprint density at radius 3 is 2.38 bits per heavy atom. The van der Waals surface area contributed by atoms with Gasteiger partial charge in [-0.25, -0.2) is 9.59 Å². The number of halogens is 2. The molecule has 3 rings (SSSR count). The molecule has 0 atom stereocenters. The molecule has 0 radical (unpaired) electrons. The van der Waals surface area contributed by atoms with E-state index in [0.29, 0.717) is 15.6 Å². The topological polar surface area (TPSA) is 85.7 Å². The summed E-state index contributed by atoms with van der Waals surface area (Å²) >= 11 is 11.5. The van der Waals surface area contributed by atoms with Crippen molar-refractivity contribution in [2.24, 2.45) is 0 Å². The van der Waals surface area contributed by atoms with Gasteiger partial charge in [-0.2, -0.15) is 5.26 Å². The van der Waals surface area contributed by atoms with Crippen LogP contribution in [0.3, 0.4) is 0 Å². The molecule has 0 amide bonds. The first-order valence-corrected chi connectivity index (χ1v) is 7.95. The van der Waals surface area contributed by atoms with E-state index in [9.17, 15) is 9.59 Å². The molecular weight excluding hydrogens is 381 g/mol. The molecule has 0 bridgehead atoms. The van der Waals surface area contributed by atoms with Crippen LogP contribution in [-0.4, -0.2) is 29.3 Å². The van der Waals surface area contributed by atoms with Gasteiger partial charge in [-0.05, 0) is 42.5 Å². The van der Waals surface area contributed by atoms with Gasteiger partial charge in [-0.15, -0.1) is 0 Å². The molecule has 8 heteroatoms. The van der Waals surface area contributed by atoms with Gasteiger partial charge >= 0.3 is 11.9 Å². The highest BCUT2D eigenvalue weighted by molar-refractivity contribution is 6.35. The fourth-order valence-electron chi connectivity index (χ4n) is 2.03. The highest BCUT2D eigenvalue weighted by Crippen LogP contribution is 2.22. The molecule has 0 fully saturated rings. The average Bonchev–Trinajstić information content (AvgIpc) is 2.67. The second-order valence-electron chi connectivity index (χ2n) is 4.91. The lowest BCUT2D eigenvalue weighted by Crippen LogP contribution is -2.00. The Balaban J connectivity index is 0.000000197. The second kappa shape index (κ2) is 9.15. The molecular formula is C18H13Cl2NO5. The standard InChI is InChI=1S/C11H8ClNO2.C7H5ClO3/c1-15-11(14)7-2-3-10-8(6-7)9(12)4-5-13-10;8-6-3-1-2-5(4-6)7(9)11-10/h2-6H,1H3;1-4,10H. The van der Waals surface area contributed by atoms with Crippen LogP contribution in [0.2, 0.25) is 10.0 Å². The largest absolute Gasteiger partial charge is 0.465 e. The number of ether oxygens (including phenoxy) is 1. The van der Waals surface area contributed by atoms with Crippen LogP contribution in [0.15, 0.2) is 54.7 Å². The fraction of sp³-hybridized carbons (Fsp3) is 0.0556. The number of aromatic nitrogens is 1. The number of carbonyl (C=O) groups excluding carboxylic acids is 2. The van der Waals surface area contributed by atoms with E-state index in [1.54, 1.807) is 42.6 Å². The summed E-state index contributed by atoms with van der Waals surface area (Å²) in [5.74, 6) is -1.19. The maximum Gasteiger partial charge on any atom is 0.372 e. The monoisotopic (exact) mass is 393 g/mol. The van der Waals surface area contributed by atoms with Crippen LogP contribution in [0.25, 0.3) is 10.9 Å². The third kappa shape index (κ3) is 4.92. The van der Waals surface area contributed by atoms with E-state index in [0.717, 1.165) is 10.9 Å². The van der Waals surface area contributed by atoms with Gasteiger partial charge in [0.15, 0.2) is 0 Å². The Kier molecular flexibility index (Phi) is 6.91. The number of esters is 1. The zero-order chi connectivity index (χ0) is 19.1. The van der Waals surface area contributed by atoms with Crippen molar-refractivity contribution in [1.29, 1.82) is 0 Å². The summed E-state index contributed by atoms with van der Waals surface area (Å²) in [6.07, 6.45) is 1.63. The van der Waals surface area contributed by atoms with Crippen LogP contribution >= 0.6 is 23.2 Å². The van der Waals surface area contributed by atoms with E-state index >= 15 is 0 Å². The van der Waals surface area contributed by atoms with E-state index in [4.69, 9.17) is 28.5 Å². The SMILES string of the molecule is COC(=O)c1ccc2nccc(Cl)c2c1.O=C(OO)c1cccc(Cl)c1. The van der Waals surface area contributed by atoms with Crippen LogP contribution in [0, 0.1) is 0 Å². The molecule has 1 heterocycles. The molecule has 26 heavy (non-hydrogen) atoms. The van der Waals surface area contributed by atoms with E-state index in [-0.39, 0.29) is 11.5 Å². The van der Waals surface area contributed by atoms with Gasteiger partial charge in [-0.3, -0.25) is 9.87 Å². The Morgan fingerprint density at radius 2 is 1.73 bits per heavy atom. The molecule has 134 valence electrons. The lowest BCUT2D eigenvalue weighted by Gasteiger charge is -2.02. The van der Waals surface area contributed by atoms with E-state index in [1.165, 1.54) is 19.2 Å². The Labute approximate surface area is 158 Å². The Bertz CT molecular complexity index is 946. The molecule has 1 N–H and O–H groups in total. The van der Waals surface area contributed by atoms with Gasteiger partial charge in [0, 0.05) is 16.6 Å². The van der Waals surface area contributed by atoms with E-state index < -0.39 is 5.97 Å². The van der Waals surface area contributed by atoms with E-state index in [2.05, 4.69) is 14.6 Å². The maximum atomic E-state index is 11.3. The third-order valence-electron chi connectivity index (χ3n) is 3.25. The van der Waals surface area contributed by atoms with Gasteiger partial charge in [0.2, 0.25) is 0 Å². The fourth-order valence-corrected chi connectivity index (χ4v) is 2.42. The quantitative estimate of drug-likeness (QED) is 0.387. The van der Waals surface area contributed by atoms with Crippen molar-refractivity contribution < 1.29 is 24.5 Å². The van der Waals surface area contributed by atoms with Crippen molar-refractivity contribution in [1.82, 2.24) is 4.98 Å². The van der Waals surface area contributed by atoms with Crippen molar-refractivity contribution in [3.63, 3.8) is 0 Å². The molecule has 0 aliphatic rings. The van der Waals surface area contributed by atoms with Crippen molar-refractivity contribution in [3.05, 3.63) is 75.9 Å².